The van der Waals surface area contributed by atoms with Crippen molar-refractivity contribution in [2.45, 2.75) is 26.2 Å². The number of nitrogens with one attached hydrogen (secondary N) is 1. The number of rotatable bonds is 4. The first-order chi connectivity index (χ1) is 8.09. The van der Waals surface area contributed by atoms with Gasteiger partial charge in [0.05, 0.1) is 6.54 Å². The van der Waals surface area contributed by atoms with E-state index in [0.717, 1.165) is 32.7 Å². The molecule has 0 aromatic carbocycles. The Morgan fingerprint density at radius 2 is 1.94 bits per heavy atom. The standard InChI is InChI=1S/C13H25N3O.ClH/c1-13(4-3-5-13)11-15(2)10-12(17)16-8-6-14-7-9-16;/h14H,3-11H2,1-2H3;1H. The fourth-order valence-corrected chi connectivity index (χ4v) is 2.89. The molecular formula is C13H26ClN3O. The molecule has 1 heterocycles. The van der Waals surface area contributed by atoms with Gasteiger partial charge in [0.1, 0.15) is 0 Å². The maximum absolute atomic E-state index is 12.1. The molecule has 4 nitrogen and oxygen atoms in total. The largest absolute Gasteiger partial charge is 0.339 e. The van der Waals surface area contributed by atoms with Gasteiger partial charge in [-0.05, 0) is 25.3 Å². The maximum atomic E-state index is 12.1. The Bertz CT molecular complexity index is 275. The fourth-order valence-electron chi connectivity index (χ4n) is 2.89. The molecule has 5 heteroatoms. The minimum Gasteiger partial charge on any atom is -0.339 e. The fraction of sp³-hybridized carbons (Fsp3) is 0.923. The number of hydrogen-bond donors (Lipinski definition) is 1. The van der Waals surface area contributed by atoms with Crippen LogP contribution in [-0.4, -0.2) is 62.0 Å². The van der Waals surface area contributed by atoms with Crippen molar-refractivity contribution >= 4 is 18.3 Å². The van der Waals surface area contributed by atoms with Crippen molar-refractivity contribution in [3.05, 3.63) is 0 Å². The second-order valence-corrected chi connectivity index (χ2v) is 5.97. The van der Waals surface area contributed by atoms with Gasteiger partial charge >= 0.3 is 0 Å². The Morgan fingerprint density at radius 1 is 1.33 bits per heavy atom. The number of likely N-dealkylation sites (N-methyl/N-ethyl adjacent to an activating group) is 1. The molecule has 1 saturated carbocycles. The molecule has 1 aliphatic heterocycles. The normalized spacial score (nSPS) is 22.3. The van der Waals surface area contributed by atoms with Crippen LogP contribution in [0, 0.1) is 5.41 Å². The summed E-state index contributed by atoms with van der Waals surface area (Å²) in [6.07, 6.45) is 3.99. The van der Waals surface area contributed by atoms with E-state index in [1.165, 1.54) is 19.3 Å². The summed E-state index contributed by atoms with van der Waals surface area (Å²) in [5.41, 5.74) is 0.471. The van der Waals surface area contributed by atoms with Crippen LogP contribution in [0.3, 0.4) is 0 Å². The molecule has 2 aliphatic rings. The highest BCUT2D eigenvalue weighted by Gasteiger charge is 2.33. The quantitative estimate of drug-likeness (QED) is 0.830. The second kappa shape index (κ2) is 6.73. The molecule has 0 unspecified atom stereocenters. The number of piperazine rings is 1. The molecule has 1 saturated heterocycles. The summed E-state index contributed by atoms with van der Waals surface area (Å²) in [7, 11) is 2.07. The third-order valence-corrected chi connectivity index (χ3v) is 4.09. The number of halogens is 1. The zero-order chi connectivity index (χ0) is 12.3. The number of hydrogen-bond acceptors (Lipinski definition) is 3. The molecule has 0 aromatic rings. The highest BCUT2D eigenvalue weighted by atomic mass is 35.5. The van der Waals surface area contributed by atoms with E-state index in [2.05, 4.69) is 24.2 Å². The van der Waals surface area contributed by atoms with Gasteiger partial charge in [-0.2, -0.15) is 0 Å². The highest BCUT2D eigenvalue weighted by Crippen LogP contribution is 2.40. The summed E-state index contributed by atoms with van der Waals surface area (Å²) >= 11 is 0. The molecule has 0 aromatic heterocycles. The Kier molecular flexibility index (Phi) is 5.89. The first-order valence-electron chi connectivity index (χ1n) is 6.76. The molecule has 1 amide bonds. The van der Waals surface area contributed by atoms with Crippen LogP contribution in [0.4, 0.5) is 0 Å². The van der Waals surface area contributed by atoms with Crippen LogP contribution in [0.2, 0.25) is 0 Å². The van der Waals surface area contributed by atoms with E-state index < -0.39 is 0 Å². The summed E-state index contributed by atoms with van der Waals surface area (Å²) in [4.78, 5) is 16.2. The van der Waals surface area contributed by atoms with Crippen molar-refractivity contribution in [1.29, 1.82) is 0 Å². The molecule has 0 radical (unpaired) electrons. The van der Waals surface area contributed by atoms with Crippen LogP contribution in [-0.2, 0) is 4.79 Å². The Balaban J connectivity index is 0.00000162. The molecule has 18 heavy (non-hydrogen) atoms. The minimum absolute atomic E-state index is 0. The highest BCUT2D eigenvalue weighted by molar-refractivity contribution is 5.85. The van der Waals surface area contributed by atoms with E-state index in [-0.39, 0.29) is 18.3 Å². The monoisotopic (exact) mass is 275 g/mol. The molecule has 0 bridgehead atoms. The summed E-state index contributed by atoms with van der Waals surface area (Å²) in [6, 6.07) is 0. The molecule has 1 N–H and O–H groups in total. The number of carbonyl (C=O) groups excluding carboxylic acids is 1. The van der Waals surface area contributed by atoms with Crippen LogP contribution in [0.5, 0.6) is 0 Å². The number of nitrogens with zero attached hydrogens (tertiary/aromatic N) is 2. The van der Waals surface area contributed by atoms with Crippen LogP contribution in [0.25, 0.3) is 0 Å². The van der Waals surface area contributed by atoms with E-state index in [1.54, 1.807) is 0 Å². The van der Waals surface area contributed by atoms with E-state index in [4.69, 9.17) is 0 Å². The summed E-state index contributed by atoms with van der Waals surface area (Å²) in [5, 5.41) is 3.27. The van der Waals surface area contributed by atoms with Gasteiger partial charge in [-0.15, -0.1) is 12.4 Å². The molecule has 106 valence electrons. The molecule has 2 rings (SSSR count). The third-order valence-electron chi connectivity index (χ3n) is 4.09. The van der Waals surface area contributed by atoms with Crippen LogP contribution in [0.1, 0.15) is 26.2 Å². The topological polar surface area (TPSA) is 35.6 Å². The van der Waals surface area contributed by atoms with E-state index >= 15 is 0 Å². The van der Waals surface area contributed by atoms with Crippen molar-refractivity contribution in [3.63, 3.8) is 0 Å². The average Bonchev–Trinajstić information content (AvgIpc) is 2.28. The summed E-state index contributed by atoms with van der Waals surface area (Å²) < 4.78 is 0. The number of amides is 1. The smallest absolute Gasteiger partial charge is 0.236 e. The van der Waals surface area contributed by atoms with Crippen molar-refractivity contribution in [2.24, 2.45) is 5.41 Å². The lowest BCUT2D eigenvalue weighted by Crippen LogP contribution is -2.50. The summed E-state index contributed by atoms with van der Waals surface area (Å²) in [5.74, 6) is 0.289. The maximum Gasteiger partial charge on any atom is 0.236 e. The van der Waals surface area contributed by atoms with E-state index in [1.807, 2.05) is 4.90 Å². The molecule has 1 aliphatic carbocycles. The zero-order valence-corrected chi connectivity index (χ0v) is 12.4. The van der Waals surface area contributed by atoms with E-state index in [0.29, 0.717) is 12.0 Å². The van der Waals surface area contributed by atoms with Gasteiger partial charge in [-0.1, -0.05) is 13.3 Å². The van der Waals surface area contributed by atoms with Gasteiger partial charge in [-0.3, -0.25) is 9.69 Å². The average molecular weight is 276 g/mol. The lowest BCUT2D eigenvalue weighted by Gasteiger charge is -2.41. The molecular weight excluding hydrogens is 250 g/mol. The van der Waals surface area contributed by atoms with Gasteiger partial charge in [0.25, 0.3) is 0 Å². The first kappa shape index (κ1) is 15.7. The first-order valence-corrected chi connectivity index (χ1v) is 6.76. The van der Waals surface area contributed by atoms with Crippen molar-refractivity contribution in [1.82, 2.24) is 15.1 Å². The lowest BCUT2D eigenvalue weighted by atomic mass is 9.70. The Morgan fingerprint density at radius 3 is 2.44 bits per heavy atom. The van der Waals surface area contributed by atoms with Crippen LogP contribution < -0.4 is 5.32 Å². The van der Waals surface area contributed by atoms with E-state index in [9.17, 15) is 4.79 Å². The second-order valence-electron chi connectivity index (χ2n) is 5.97. The van der Waals surface area contributed by atoms with Crippen LogP contribution in [0.15, 0.2) is 0 Å². The van der Waals surface area contributed by atoms with Crippen molar-refractivity contribution in [3.8, 4) is 0 Å². The number of carbonyl (C=O) groups is 1. The molecule has 0 atom stereocenters. The third kappa shape index (κ3) is 4.11. The van der Waals surface area contributed by atoms with Gasteiger partial charge in [-0.25, -0.2) is 0 Å². The van der Waals surface area contributed by atoms with Gasteiger partial charge in [0.2, 0.25) is 5.91 Å². The van der Waals surface area contributed by atoms with Crippen molar-refractivity contribution < 1.29 is 4.79 Å². The molecule has 2 fully saturated rings. The van der Waals surface area contributed by atoms with Gasteiger partial charge < -0.3 is 10.2 Å². The van der Waals surface area contributed by atoms with Gasteiger partial charge in [0.15, 0.2) is 0 Å². The predicted molar refractivity (Wildman–Crippen MR) is 76.2 cm³/mol. The van der Waals surface area contributed by atoms with Crippen LogP contribution >= 0.6 is 12.4 Å². The SMILES string of the molecule is CN(CC(=O)N1CCNCC1)CC1(C)CCC1.Cl. The Hall–Kier alpha value is -0.320. The lowest BCUT2D eigenvalue weighted by molar-refractivity contribution is -0.133. The van der Waals surface area contributed by atoms with Crippen molar-refractivity contribution in [2.75, 3.05) is 46.3 Å². The Labute approximate surface area is 116 Å². The predicted octanol–water partition coefficient (Wildman–Crippen LogP) is 0.962. The molecule has 0 spiro atoms. The van der Waals surface area contributed by atoms with Gasteiger partial charge in [0, 0.05) is 32.7 Å². The minimum atomic E-state index is 0. The zero-order valence-electron chi connectivity index (χ0n) is 11.6. The summed E-state index contributed by atoms with van der Waals surface area (Å²) in [6.45, 7) is 7.58.